The Morgan fingerprint density at radius 3 is 2.33 bits per heavy atom. The van der Waals surface area contributed by atoms with E-state index in [2.05, 4.69) is 27.9 Å². The number of carbonyl (C=O) groups excluding carboxylic acids is 2. The van der Waals surface area contributed by atoms with Gasteiger partial charge in [0.2, 0.25) is 5.91 Å². The topological polar surface area (TPSA) is 58.6 Å². The predicted molar refractivity (Wildman–Crippen MR) is 102 cm³/mol. The molecule has 2 rings (SSSR count). The highest BCUT2D eigenvalue weighted by molar-refractivity contribution is 14.1. The van der Waals surface area contributed by atoms with Crippen molar-refractivity contribution in [2.45, 2.75) is 51.7 Å². The van der Waals surface area contributed by atoms with E-state index in [-0.39, 0.29) is 5.91 Å². The molecule has 6 heteroatoms. The van der Waals surface area contributed by atoms with Gasteiger partial charge in [-0.15, -0.1) is 0 Å². The SMILES string of the molecule is CC(C)(C)OC(=O)N[C@H](Cc1ccc(I)cc1)C(=O)N1CCCC1. The Bertz CT molecular complexity index is 575. The van der Waals surface area contributed by atoms with Crippen molar-refractivity contribution in [2.75, 3.05) is 13.1 Å². The Kier molecular flexibility index (Phi) is 6.48. The minimum Gasteiger partial charge on any atom is -0.444 e. The zero-order chi connectivity index (χ0) is 17.7. The molecule has 1 aliphatic heterocycles. The summed E-state index contributed by atoms with van der Waals surface area (Å²) in [7, 11) is 0. The number of carbonyl (C=O) groups is 2. The highest BCUT2D eigenvalue weighted by atomic mass is 127. The Balaban J connectivity index is 2.09. The van der Waals surface area contributed by atoms with Gasteiger partial charge in [0.1, 0.15) is 11.6 Å². The third kappa shape index (κ3) is 5.96. The Hall–Kier alpha value is -1.31. The summed E-state index contributed by atoms with van der Waals surface area (Å²) in [5.74, 6) is -0.0306. The van der Waals surface area contributed by atoms with Gasteiger partial charge in [0.05, 0.1) is 0 Å². The van der Waals surface area contributed by atoms with Gasteiger partial charge < -0.3 is 15.0 Å². The zero-order valence-corrected chi connectivity index (χ0v) is 16.6. The van der Waals surface area contributed by atoms with Crippen molar-refractivity contribution < 1.29 is 14.3 Å². The van der Waals surface area contributed by atoms with Crippen LogP contribution in [0.5, 0.6) is 0 Å². The van der Waals surface area contributed by atoms with Gasteiger partial charge in [-0.05, 0) is 73.9 Å². The average Bonchev–Trinajstić information content (AvgIpc) is 3.00. The summed E-state index contributed by atoms with van der Waals surface area (Å²) in [5.41, 5.74) is 0.429. The predicted octanol–water partition coefficient (Wildman–Crippen LogP) is 3.35. The number of nitrogens with zero attached hydrogens (tertiary/aromatic N) is 1. The molecule has 24 heavy (non-hydrogen) atoms. The van der Waals surface area contributed by atoms with Crippen LogP contribution in [0, 0.1) is 3.57 Å². The lowest BCUT2D eigenvalue weighted by atomic mass is 10.0. The van der Waals surface area contributed by atoms with Crippen LogP contribution in [0.25, 0.3) is 0 Å². The third-order valence-electron chi connectivity index (χ3n) is 3.76. The number of halogens is 1. The Morgan fingerprint density at radius 1 is 1.21 bits per heavy atom. The smallest absolute Gasteiger partial charge is 0.408 e. The van der Waals surface area contributed by atoms with E-state index in [4.69, 9.17) is 4.74 Å². The highest BCUT2D eigenvalue weighted by Crippen LogP contribution is 2.14. The van der Waals surface area contributed by atoms with Gasteiger partial charge in [0.25, 0.3) is 0 Å². The molecule has 2 amide bonds. The molecule has 0 saturated carbocycles. The number of benzene rings is 1. The van der Waals surface area contributed by atoms with Gasteiger partial charge in [-0.1, -0.05) is 12.1 Å². The van der Waals surface area contributed by atoms with E-state index in [0.717, 1.165) is 35.1 Å². The van der Waals surface area contributed by atoms with E-state index < -0.39 is 17.7 Å². The van der Waals surface area contributed by atoms with Gasteiger partial charge in [-0.3, -0.25) is 4.79 Å². The summed E-state index contributed by atoms with van der Waals surface area (Å²) in [5, 5.41) is 2.76. The number of ether oxygens (including phenoxy) is 1. The van der Waals surface area contributed by atoms with Crippen molar-refractivity contribution >= 4 is 34.6 Å². The summed E-state index contributed by atoms with van der Waals surface area (Å²) in [6.45, 7) is 6.95. The van der Waals surface area contributed by atoms with E-state index in [1.807, 2.05) is 49.9 Å². The fourth-order valence-corrected chi connectivity index (χ4v) is 3.02. The summed E-state index contributed by atoms with van der Waals surface area (Å²) in [4.78, 5) is 26.7. The average molecular weight is 444 g/mol. The summed E-state index contributed by atoms with van der Waals surface area (Å²) >= 11 is 2.24. The van der Waals surface area contributed by atoms with Crippen molar-refractivity contribution in [2.24, 2.45) is 0 Å². The standard InChI is InChI=1S/C18H25IN2O3/c1-18(2,3)24-17(23)20-15(16(22)21-10-4-5-11-21)12-13-6-8-14(19)9-7-13/h6-9,15H,4-5,10-12H2,1-3H3,(H,20,23)/t15-/m1/s1. The van der Waals surface area contributed by atoms with Crippen LogP contribution in [0.15, 0.2) is 24.3 Å². The number of rotatable bonds is 4. The van der Waals surface area contributed by atoms with Gasteiger partial charge >= 0.3 is 6.09 Å². The molecule has 0 spiro atoms. The Labute approximate surface area is 157 Å². The maximum atomic E-state index is 12.8. The van der Waals surface area contributed by atoms with Crippen molar-refractivity contribution in [1.82, 2.24) is 10.2 Å². The van der Waals surface area contributed by atoms with Crippen LogP contribution in [0.1, 0.15) is 39.2 Å². The molecule has 0 unspecified atom stereocenters. The van der Waals surface area contributed by atoms with E-state index in [1.165, 1.54) is 0 Å². The molecule has 0 aromatic heterocycles. The van der Waals surface area contributed by atoms with Crippen LogP contribution in [0.2, 0.25) is 0 Å². The molecule has 0 aliphatic carbocycles. The second-order valence-corrected chi connectivity index (χ2v) is 8.31. The third-order valence-corrected chi connectivity index (χ3v) is 4.48. The number of amides is 2. The van der Waals surface area contributed by atoms with E-state index in [0.29, 0.717) is 6.42 Å². The minimum atomic E-state index is -0.599. The fourth-order valence-electron chi connectivity index (χ4n) is 2.66. The van der Waals surface area contributed by atoms with Crippen molar-refractivity contribution in [3.63, 3.8) is 0 Å². The second kappa shape index (κ2) is 8.18. The Morgan fingerprint density at radius 2 is 1.79 bits per heavy atom. The van der Waals surface area contributed by atoms with E-state index in [1.54, 1.807) is 0 Å². The molecule has 1 aromatic rings. The molecule has 0 radical (unpaired) electrons. The van der Waals surface area contributed by atoms with Crippen molar-refractivity contribution in [3.05, 3.63) is 33.4 Å². The van der Waals surface area contributed by atoms with Gasteiger partial charge in [0, 0.05) is 23.1 Å². The molecule has 1 N–H and O–H groups in total. The number of likely N-dealkylation sites (tertiary alicyclic amines) is 1. The van der Waals surface area contributed by atoms with Crippen molar-refractivity contribution in [3.8, 4) is 0 Å². The molecule has 1 atom stereocenters. The first kappa shape index (κ1) is 19.0. The molecule has 1 saturated heterocycles. The zero-order valence-electron chi connectivity index (χ0n) is 14.5. The molecular formula is C18H25IN2O3. The summed E-state index contributed by atoms with van der Waals surface area (Å²) in [6.07, 6.45) is 1.96. The molecule has 132 valence electrons. The quantitative estimate of drug-likeness (QED) is 0.725. The number of hydrogen-bond donors (Lipinski definition) is 1. The molecule has 1 heterocycles. The first-order chi connectivity index (χ1) is 11.2. The molecular weight excluding hydrogens is 419 g/mol. The lowest BCUT2D eigenvalue weighted by molar-refractivity contribution is -0.132. The first-order valence-corrected chi connectivity index (χ1v) is 9.35. The lowest BCUT2D eigenvalue weighted by Crippen LogP contribution is -2.50. The summed E-state index contributed by atoms with van der Waals surface area (Å²) in [6, 6.07) is 7.38. The van der Waals surface area contributed by atoms with Crippen LogP contribution in [-0.2, 0) is 16.0 Å². The van der Waals surface area contributed by atoms with Gasteiger partial charge in [-0.2, -0.15) is 0 Å². The second-order valence-electron chi connectivity index (χ2n) is 7.06. The van der Waals surface area contributed by atoms with Crippen LogP contribution in [0.3, 0.4) is 0 Å². The summed E-state index contributed by atoms with van der Waals surface area (Å²) < 4.78 is 6.45. The number of hydrogen-bond acceptors (Lipinski definition) is 3. The number of alkyl carbamates (subject to hydrolysis) is 1. The number of nitrogens with one attached hydrogen (secondary N) is 1. The van der Waals surface area contributed by atoms with Gasteiger partial charge in [0.15, 0.2) is 0 Å². The maximum Gasteiger partial charge on any atom is 0.408 e. The molecule has 0 bridgehead atoms. The van der Waals surface area contributed by atoms with Crippen LogP contribution in [-0.4, -0.2) is 41.6 Å². The van der Waals surface area contributed by atoms with Crippen LogP contribution in [0.4, 0.5) is 4.79 Å². The molecule has 1 fully saturated rings. The highest BCUT2D eigenvalue weighted by Gasteiger charge is 2.29. The molecule has 1 aromatic carbocycles. The van der Waals surface area contributed by atoms with E-state index >= 15 is 0 Å². The van der Waals surface area contributed by atoms with E-state index in [9.17, 15) is 9.59 Å². The maximum absolute atomic E-state index is 12.8. The van der Waals surface area contributed by atoms with Crippen molar-refractivity contribution in [1.29, 1.82) is 0 Å². The largest absolute Gasteiger partial charge is 0.444 e. The minimum absolute atomic E-state index is 0.0306. The molecule has 1 aliphatic rings. The van der Waals surface area contributed by atoms with Crippen LogP contribution < -0.4 is 5.32 Å². The first-order valence-electron chi connectivity index (χ1n) is 8.27. The molecule has 5 nitrogen and oxygen atoms in total. The van der Waals surface area contributed by atoms with Gasteiger partial charge in [-0.25, -0.2) is 4.79 Å². The van der Waals surface area contributed by atoms with Crippen LogP contribution >= 0.6 is 22.6 Å². The normalized spacial score (nSPS) is 15.9. The fraction of sp³-hybridized carbons (Fsp3) is 0.556. The lowest BCUT2D eigenvalue weighted by Gasteiger charge is -2.26. The monoisotopic (exact) mass is 444 g/mol.